The van der Waals surface area contributed by atoms with Gasteiger partial charge in [-0.2, -0.15) is 4.57 Å². The molecule has 0 aliphatic heterocycles. The minimum Gasteiger partial charge on any atom is -0.194 e. The topological polar surface area (TPSA) is 3.88 Å². The van der Waals surface area contributed by atoms with Gasteiger partial charge in [-0.3, -0.25) is 0 Å². The average molecular weight is 288 g/mol. The van der Waals surface area contributed by atoms with Gasteiger partial charge in [-0.05, 0) is 29.7 Å². The van der Waals surface area contributed by atoms with Crippen LogP contribution in [-0.2, 0) is 6.54 Å². The van der Waals surface area contributed by atoms with Crippen LogP contribution in [-0.4, -0.2) is 0 Å². The minimum atomic E-state index is 0.571. The third kappa shape index (κ3) is 3.25. The van der Waals surface area contributed by atoms with Crippen molar-refractivity contribution in [3.05, 3.63) is 90.1 Å². The van der Waals surface area contributed by atoms with Crippen LogP contribution in [0.2, 0.25) is 0 Å². The fourth-order valence-electron chi connectivity index (χ4n) is 2.70. The van der Waals surface area contributed by atoms with Crippen LogP contribution in [0.4, 0.5) is 0 Å². The van der Waals surface area contributed by atoms with Crippen LogP contribution in [0.1, 0.15) is 30.9 Å². The van der Waals surface area contributed by atoms with E-state index in [0.717, 1.165) is 6.54 Å². The second kappa shape index (κ2) is 6.57. The molecule has 0 fully saturated rings. The highest BCUT2D eigenvalue weighted by Gasteiger charge is 2.12. The maximum atomic E-state index is 2.31. The summed E-state index contributed by atoms with van der Waals surface area (Å²) < 4.78 is 2.31. The van der Waals surface area contributed by atoms with E-state index in [1.165, 1.54) is 22.4 Å². The summed E-state index contributed by atoms with van der Waals surface area (Å²) >= 11 is 0. The Morgan fingerprint density at radius 1 is 0.773 bits per heavy atom. The largest absolute Gasteiger partial charge is 0.212 e. The van der Waals surface area contributed by atoms with E-state index < -0.39 is 0 Å². The van der Waals surface area contributed by atoms with Crippen LogP contribution in [0.3, 0.4) is 0 Å². The van der Waals surface area contributed by atoms with Gasteiger partial charge in [0.15, 0.2) is 12.7 Å². The number of benzene rings is 2. The summed E-state index contributed by atoms with van der Waals surface area (Å²) in [5, 5.41) is 0. The highest BCUT2D eigenvalue weighted by atomic mass is 15.0. The SMILES string of the molecule is CC(C)c1ccc(-c2cccc[n+]2Cc2ccccc2)cc1. The lowest BCUT2D eigenvalue weighted by molar-refractivity contribution is -0.677. The summed E-state index contributed by atoms with van der Waals surface area (Å²) in [6.45, 7) is 5.35. The monoisotopic (exact) mass is 288 g/mol. The first-order valence-corrected chi connectivity index (χ1v) is 7.87. The molecule has 0 saturated heterocycles. The van der Waals surface area contributed by atoms with Crippen molar-refractivity contribution in [3.63, 3.8) is 0 Å². The first-order valence-electron chi connectivity index (χ1n) is 7.87. The summed E-state index contributed by atoms with van der Waals surface area (Å²) in [4.78, 5) is 0. The molecule has 0 saturated carbocycles. The molecule has 0 atom stereocenters. The number of hydrogen-bond acceptors (Lipinski definition) is 0. The molecule has 2 aromatic carbocycles. The van der Waals surface area contributed by atoms with Crippen molar-refractivity contribution in [2.24, 2.45) is 0 Å². The standard InChI is InChI=1S/C21H22N/c1-17(2)19-11-13-20(14-12-19)21-10-6-7-15-22(21)16-18-8-4-3-5-9-18/h3-15,17H,16H2,1-2H3/q+1. The van der Waals surface area contributed by atoms with Gasteiger partial charge in [-0.1, -0.05) is 56.3 Å². The molecule has 22 heavy (non-hydrogen) atoms. The Bertz CT molecular complexity index is 727. The minimum absolute atomic E-state index is 0.571. The molecule has 0 aliphatic carbocycles. The van der Waals surface area contributed by atoms with Crippen molar-refractivity contribution in [3.8, 4) is 11.3 Å². The van der Waals surface area contributed by atoms with Gasteiger partial charge in [-0.25, -0.2) is 0 Å². The zero-order valence-corrected chi connectivity index (χ0v) is 13.2. The molecular formula is C21H22N+. The molecule has 1 aromatic heterocycles. The Hall–Kier alpha value is -2.41. The Kier molecular flexibility index (Phi) is 4.34. The Balaban J connectivity index is 1.94. The lowest BCUT2D eigenvalue weighted by Crippen LogP contribution is -2.36. The zero-order valence-electron chi connectivity index (χ0n) is 13.2. The van der Waals surface area contributed by atoms with Gasteiger partial charge in [0.25, 0.3) is 0 Å². The van der Waals surface area contributed by atoms with Gasteiger partial charge in [0.05, 0.1) is 0 Å². The van der Waals surface area contributed by atoms with E-state index in [2.05, 4.69) is 97.4 Å². The van der Waals surface area contributed by atoms with E-state index in [1.54, 1.807) is 0 Å². The maximum Gasteiger partial charge on any atom is 0.212 e. The molecule has 1 nitrogen and oxygen atoms in total. The Labute approximate surface area is 132 Å². The van der Waals surface area contributed by atoms with E-state index in [9.17, 15) is 0 Å². The van der Waals surface area contributed by atoms with Gasteiger partial charge in [-0.15, -0.1) is 0 Å². The summed E-state index contributed by atoms with van der Waals surface area (Å²) in [5.74, 6) is 0.571. The Morgan fingerprint density at radius 2 is 1.45 bits per heavy atom. The summed E-state index contributed by atoms with van der Waals surface area (Å²) in [7, 11) is 0. The fraction of sp³-hybridized carbons (Fsp3) is 0.190. The lowest BCUT2D eigenvalue weighted by atomic mass is 10.0. The predicted octanol–water partition coefficient (Wildman–Crippen LogP) is 4.81. The molecule has 0 N–H and O–H groups in total. The molecule has 0 unspecified atom stereocenters. The van der Waals surface area contributed by atoms with Crippen LogP contribution >= 0.6 is 0 Å². The van der Waals surface area contributed by atoms with Crippen LogP contribution in [0.25, 0.3) is 11.3 Å². The molecule has 0 bridgehead atoms. The summed E-state index contributed by atoms with van der Waals surface area (Å²) in [5.41, 5.74) is 5.22. The molecule has 0 spiro atoms. The molecule has 0 aliphatic rings. The van der Waals surface area contributed by atoms with E-state index in [0.29, 0.717) is 5.92 Å². The zero-order chi connectivity index (χ0) is 15.4. The van der Waals surface area contributed by atoms with Gasteiger partial charge < -0.3 is 0 Å². The molecule has 1 heteroatoms. The van der Waals surface area contributed by atoms with Crippen molar-refractivity contribution < 1.29 is 4.57 Å². The number of rotatable bonds is 4. The van der Waals surface area contributed by atoms with Gasteiger partial charge in [0.2, 0.25) is 5.69 Å². The smallest absolute Gasteiger partial charge is 0.194 e. The van der Waals surface area contributed by atoms with Crippen molar-refractivity contribution in [1.29, 1.82) is 0 Å². The van der Waals surface area contributed by atoms with Crippen LogP contribution in [0.5, 0.6) is 0 Å². The second-order valence-electron chi connectivity index (χ2n) is 5.98. The van der Waals surface area contributed by atoms with Crippen LogP contribution in [0.15, 0.2) is 79.0 Å². The first-order chi connectivity index (χ1) is 10.7. The van der Waals surface area contributed by atoms with Crippen LogP contribution in [0, 0.1) is 0 Å². The second-order valence-corrected chi connectivity index (χ2v) is 5.98. The van der Waals surface area contributed by atoms with E-state index >= 15 is 0 Å². The molecule has 3 aromatic rings. The third-order valence-corrected chi connectivity index (χ3v) is 4.01. The number of aromatic nitrogens is 1. The quantitative estimate of drug-likeness (QED) is 0.606. The van der Waals surface area contributed by atoms with Gasteiger partial charge >= 0.3 is 0 Å². The molecule has 1 heterocycles. The third-order valence-electron chi connectivity index (χ3n) is 4.01. The van der Waals surface area contributed by atoms with Gasteiger partial charge in [0.1, 0.15) is 0 Å². The van der Waals surface area contributed by atoms with Crippen LogP contribution < -0.4 is 4.57 Å². The fourth-order valence-corrected chi connectivity index (χ4v) is 2.70. The van der Waals surface area contributed by atoms with Crippen molar-refractivity contribution in [2.45, 2.75) is 26.3 Å². The van der Waals surface area contributed by atoms with Gasteiger partial charge in [0, 0.05) is 23.3 Å². The number of hydrogen-bond donors (Lipinski definition) is 0. The highest BCUT2D eigenvalue weighted by Crippen LogP contribution is 2.20. The first kappa shape index (κ1) is 14.5. The van der Waals surface area contributed by atoms with E-state index in [-0.39, 0.29) is 0 Å². The predicted molar refractivity (Wildman–Crippen MR) is 91.7 cm³/mol. The van der Waals surface area contributed by atoms with E-state index in [1.807, 2.05) is 0 Å². The molecule has 110 valence electrons. The maximum absolute atomic E-state index is 2.31. The molecule has 0 radical (unpaired) electrons. The highest BCUT2D eigenvalue weighted by molar-refractivity contribution is 5.56. The molecular weight excluding hydrogens is 266 g/mol. The lowest BCUT2D eigenvalue weighted by Gasteiger charge is -2.07. The van der Waals surface area contributed by atoms with E-state index in [4.69, 9.17) is 0 Å². The summed E-state index contributed by atoms with van der Waals surface area (Å²) in [6, 6.07) is 25.9. The average Bonchev–Trinajstić information content (AvgIpc) is 2.56. The normalized spacial score (nSPS) is 10.9. The molecule has 3 rings (SSSR count). The number of pyridine rings is 1. The Morgan fingerprint density at radius 3 is 2.14 bits per heavy atom. The molecule has 0 amide bonds. The van der Waals surface area contributed by atoms with Crippen molar-refractivity contribution in [2.75, 3.05) is 0 Å². The number of nitrogens with zero attached hydrogens (tertiary/aromatic N) is 1. The van der Waals surface area contributed by atoms with Crippen molar-refractivity contribution in [1.82, 2.24) is 0 Å². The summed E-state index contributed by atoms with van der Waals surface area (Å²) in [6.07, 6.45) is 2.15. The van der Waals surface area contributed by atoms with Crippen molar-refractivity contribution >= 4 is 0 Å².